The smallest absolute Gasteiger partial charge is 0.131 e. The number of rotatable bonds is 6. The molecule has 0 fully saturated rings. The quantitative estimate of drug-likeness (QED) is 0.881. The van der Waals surface area contributed by atoms with Crippen molar-refractivity contribution in [1.82, 2.24) is 4.98 Å². The highest BCUT2D eigenvalue weighted by Gasteiger charge is 2.07. The largest absolute Gasteiger partial charge is 0.359 e. The van der Waals surface area contributed by atoms with Crippen LogP contribution in [0.2, 0.25) is 0 Å². The molecular formula is C15H21N3S. The Balaban J connectivity index is 2.00. The summed E-state index contributed by atoms with van der Waals surface area (Å²) in [4.78, 5) is 8.21. The molecule has 0 saturated carbocycles. The average Bonchev–Trinajstić information content (AvgIpc) is 2.89. The van der Waals surface area contributed by atoms with Crippen LogP contribution in [0.25, 0.3) is 0 Å². The lowest BCUT2D eigenvalue weighted by atomic mass is 10.1. The summed E-state index contributed by atoms with van der Waals surface area (Å²) in [6.07, 6.45) is 3.91. The highest BCUT2D eigenvalue weighted by atomic mass is 32.1. The van der Waals surface area contributed by atoms with Crippen LogP contribution in [-0.2, 0) is 12.8 Å². The van der Waals surface area contributed by atoms with Gasteiger partial charge < -0.3 is 10.6 Å². The molecule has 4 heteroatoms. The number of anilines is 1. The van der Waals surface area contributed by atoms with Gasteiger partial charge in [0.25, 0.3) is 0 Å². The molecule has 2 heterocycles. The summed E-state index contributed by atoms with van der Waals surface area (Å²) in [5.41, 5.74) is 8.01. The zero-order valence-corrected chi connectivity index (χ0v) is 12.4. The van der Waals surface area contributed by atoms with Crippen LogP contribution in [0.3, 0.4) is 0 Å². The third kappa shape index (κ3) is 3.78. The molecule has 2 rings (SSSR count). The van der Waals surface area contributed by atoms with Crippen LogP contribution in [0.4, 0.5) is 5.82 Å². The van der Waals surface area contributed by atoms with Gasteiger partial charge in [-0.2, -0.15) is 0 Å². The molecule has 0 unspecified atom stereocenters. The molecule has 0 aliphatic carbocycles. The minimum Gasteiger partial charge on any atom is -0.359 e. The first-order valence-corrected chi connectivity index (χ1v) is 7.48. The van der Waals surface area contributed by atoms with Crippen LogP contribution in [0.1, 0.15) is 16.0 Å². The zero-order chi connectivity index (χ0) is 13.7. The van der Waals surface area contributed by atoms with Crippen molar-refractivity contribution in [3.05, 3.63) is 45.8 Å². The Kier molecular flexibility index (Phi) is 4.93. The normalized spacial score (nSPS) is 10.7. The number of hydrogen-bond donors (Lipinski definition) is 1. The van der Waals surface area contributed by atoms with Crippen LogP contribution < -0.4 is 10.6 Å². The number of nitrogens with zero attached hydrogens (tertiary/aromatic N) is 2. The molecule has 0 amide bonds. The Morgan fingerprint density at radius 3 is 2.84 bits per heavy atom. The lowest BCUT2D eigenvalue weighted by molar-refractivity contribution is 0.858. The molecule has 2 aromatic rings. The SMILES string of the molecule is Cc1cc(CCN)cnc1N(C)CCc1cccs1. The van der Waals surface area contributed by atoms with Gasteiger partial charge >= 0.3 is 0 Å². The van der Waals surface area contributed by atoms with E-state index in [4.69, 9.17) is 5.73 Å². The van der Waals surface area contributed by atoms with Gasteiger partial charge in [0.1, 0.15) is 5.82 Å². The van der Waals surface area contributed by atoms with E-state index >= 15 is 0 Å². The van der Waals surface area contributed by atoms with E-state index in [0.29, 0.717) is 6.54 Å². The van der Waals surface area contributed by atoms with Crippen LogP contribution in [0.5, 0.6) is 0 Å². The van der Waals surface area contributed by atoms with Crippen LogP contribution >= 0.6 is 11.3 Å². The van der Waals surface area contributed by atoms with Crippen LogP contribution in [-0.4, -0.2) is 25.1 Å². The molecule has 2 aromatic heterocycles. The Labute approximate surface area is 119 Å². The number of aryl methyl sites for hydroxylation is 1. The molecule has 19 heavy (non-hydrogen) atoms. The fourth-order valence-electron chi connectivity index (χ4n) is 2.17. The van der Waals surface area contributed by atoms with Gasteiger partial charge in [-0.25, -0.2) is 4.98 Å². The predicted octanol–water partition coefficient (Wildman–Crippen LogP) is 2.63. The van der Waals surface area contributed by atoms with Crippen molar-refractivity contribution in [3.8, 4) is 0 Å². The van der Waals surface area contributed by atoms with Crippen molar-refractivity contribution in [1.29, 1.82) is 0 Å². The summed E-state index contributed by atoms with van der Waals surface area (Å²) in [7, 11) is 2.10. The van der Waals surface area contributed by atoms with Gasteiger partial charge in [0.05, 0.1) is 0 Å². The summed E-state index contributed by atoms with van der Waals surface area (Å²) in [6.45, 7) is 3.78. The molecule has 3 nitrogen and oxygen atoms in total. The number of thiophene rings is 1. The molecule has 0 spiro atoms. The second kappa shape index (κ2) is 6.68. The molecule has 102 valence electrons. The summed E-state index contributed by atoms with van der Waals surface area (Å²) in [6, 6.07) is 6.48. The number of pyridine rings is 1. The van der Waals surface area contributed by atoms with E-state index in [0.717, 1.165) is 25.2 Å². The van der Waals surface area contributed by atoms with Crippen molar-refractivity contribution < 1.29 is 0 Å². The van der Waals surface area contributed by atoms with Crippen LogP contribution in [0, 0.1) is 6.92 Å². The Morgan fingerprint density at radius 2 is 2.21 bits per heavy atom. The molecule has 0 saturated heterocycles. The maximum absolute atomic E-state index is 5.57. The predicted molar refractivity (Wildman–Crippen MR) is 83.0 cm³/mol. The van der Waals surface area contributed by atoms with E-state index in [1.807, 2.05) is 17.5 Å². The van der Waals surface area contributed by atoms with Crippen molar-refractivity contribution in [2.45, 2.75) is 19.8 Å². The maximum Gasteiger partial charge on any atom is 0.131 e. The first kappa shape index (κ1) is 14.0. The first-order chi connectivity index (χ1) is 9.20. The zero-order valence-electron chi connectivity index (χ0n) is 11.6. The molecule has 0 aliphatic rings. The van der Waals surface area contributed by atoms with Crippen molar-refractivity contribution in [2.75, 3.05) is 25.0 Å². The molecule has 0 aliphatic heterocycles. The third-order valence-corrected chi connectivity index (χ3v) is 4.11. The highest BCUT2D eigenvalue weighted by Crippen LogP contribution is 2.18. The fourth-order valence-corrected chi connectivity index (χ4v) is 2.87. The van der Waals surface area contributed by atoms with Crippen molar-refractivity contribution in [3.63, 3.8) is 0 Å². The molecule has 0 atom stereocenters. The summed E-state index contributed by atoms with van der Waals surface area (Å²) < 4.78 is 0. The lowest BCUT2D eigenvalue weighted by Crippen LogP contribution is -2.22. The van der Waals surface area contributed by atoms with Gasteiger partial charge in [0, 0.05) is 24.7 Å². The lowest BCUT2D eigenvalue weighted by Gasteiger charge is -2.20. The number of hydrogen-bond acceptors (Lipinski definition) is 4. The van der Waals surface area contributed by atoms with E-state index in [2.05, 4.69) is 47.4 Å². The Morgan fingerprint density at radius 1 is 1.37 bits per heavy atom. The molecule has 0 aromatic carbocycles. The van der Waals surface area contributed by atoms with Crippen LogP contribution in [0.15, 0.2) is 29.8 Å². The Bertz CT molecular complexity index is 508. The molecule has 0 radical (unpaired) electrons. The fraction of sp³-hybridized carbons (Fsp3) is 0.400. The summed E-state index contributed by atoms with van der Waals surface area (Å²) in [5.74, 6) is 1.07. The van der Waals surface area contributed by atoms with Crippen molar-refractivity contribution >= 4 is 17.2 Å². The third-order valence-electron chi connectivity index (χ3n) is 3.18. The van der Waals surface area contributed by atoms with E-state index in [1.165, 1.54) is 16.0 Å². The minimum atomic E-state index is 0.675. The van der Waals surface area contributed by atoms with E-state index < -0.39 is 0 Å². The van der Waals surface area contributed by atoms with Crippen molar-refractivity contribution in [2.24, 2.45) is 5.73 Å². The van der Waals surface area contributed by atoms with E-state index in [1.54, 1.807) is 0 Å². The highest BCUT2D eigenvalue weighted by molar-refractivity contribution is 7.09. The number of aromatic nitrogens is 1. The topological polar surface area (TPSA) is 42.1 Å². The van der Waals surface area contributed by atoms with E-state index in [9.17, 15) is 0 Å². The number of likely N-dealkylation sites (N-methyl/N-ethyl adjacent to an activating group) is 1. The molecular weight excluding hydrogens is 254 g/mol. The second-order valence-electron chi connectivity index (χ2n) is 4.77. The Hall–Kier alpha value is -1.39. The van der Waals surface area contributed by atoms with Gasteiger partial charge in [0.2, 0.25) is 0 Å². The monoisotopic (exact) mass is 275 g/mol. The maximum atomic E-state index is 5.57. The molecule has 0 bridgehead atoms. The summed E-state index contributed by atoms with van der Waals surface area (Å²) >= 11 is 1.81. The molecule has 2 N–H and O–H groups in total. The van der Waals surface area contributed by atoms with Gasteiger partial charge in [0.15, 0.2) is 0 Å². The second-order valence-corrected chi connectivity index (χ2v) is 5.81. The van der Waals surface area contributed by atoms with E-state index in [-0.39, 0.29) is 0 Å². The summed E-state index contributed by atoms with van der Waals surface area (Å²) in [5, 5.41) is 2.13. The minimum absolute atomic E-state index is 0.675. The number of nitrogens with two attached hydrogens (primary N) is 1. The van der Waals surface area contributed by atoms with Gasteiger partial charge in [-0.05, 0) is 48.9 Å². The van der Waals surface area contributed by atoms with Gasteiger partial charge in [-0.1, -0.05) is 12.1 Å². The van der Waals surface area contributed by atoms with Gasteiger partial charge in [-0.3, -0.25) is 0 Å². The average molecular weight is 275 g/mol. The first-order valence-electron chi connectivity index (χ1n) is 6.60. The van der Waals surface area contributed by atoms with Gasteiger partial charge in [-0.15, -0.1) is 11.3 Å². The standard InChI is InChI=1S/C15H21N3S/c1-12-10-13(5-7-16)11-17-15(12)18(2)8-6-14-4-3-9-19-14/h3-4,9-11H,5-8,16H2,1-2H3.